The molecule has 0 saturated carbocycles. The zero-order valence-corrected chi connectivity index (χ0v) is 11.3. The number of nitrogens with two attached hydrogens (primary N) is 1. The lowest BCUT2D eigenvalue weighted by Gasteiger charge is -2.10. The summed E-state index contributed by atoms with van der Waals surface area (Å²) in [7, 11) is 0.583. The number of hydrogen-bond acceptors (Lipinski definition) is 6. The van der Waals surface area contributed by atoms with Crippen LogP contribution in [0.3, 0.4) is 0 Å². The number of nitrogen functional groups attached to an aromatic ring is 1. The lowest BCUT2D eigenvalue weighted by molar-refractivity contribution is 0.401. The van der Waals surface area contributed by atoms with E-state index in [9.17, 15) is 4.21 Å². The molecular formula is C10H15N5O2S. The summed E-state index contributed by atoms with van der Waals surface area (Å²) in [5.41, 5.74) is 6.97. The fourth-order valence-corrected chi connectivity index (χ4v) is 1.98. The van der Waals surface area contributed by atoms with Gasteiger partial charge in [-0.1, -0.05) is 0 Å². The van der Waals surface area contributed by atoms with E-state index in [0.717, 1.165) is 0 Å². The first kappa shape index (κ1) is 12.7. The van der Waals surface area contributed by atoms with Gasteiger partial charge in [-0.15, -0.1) is 0 Å². The fourth-order valence-electron chi connectivity index (χ4n) is 1.62. The van der Waals surface area contributed by atoms with Crippen molar-refractivity contribution in [1.29, 1.82) is 0 Å². The van der Waals surface area contributed by atoms with Gasteiger partial charge in [0.15, 0.2) is 11.2 Å². The van der Waals surface area contributed by atoms with E-state index in [1.54, 1.807) is 10.8 Å². The summed E-state index contributed by atoms with van der Waals surface area (Å²) in [5.74, 6) is 0.705. The number of nitrogens with zero attached hydrogens (tertiary/aromatic N) is 4. The van der Waals surface area contributed by atoms with Crippen LogP contribution in [0.15, 0.2) is 6.33 Å². The minimum atomic E-state index is -0.932. The highest BCUT2D eigenvalue weighted by Gasteiger charge is 2.17. The molecule has 2 heterocycles. The number of anilines is 1. The van der Waals surface area contributed by atoms with Crippen LogP contribution in [-0.4, -0.2) is 42.3 Å². The van der Waals surface area contributed by atoms with Gasteiger partial charge in [0.1, 0.15) is 6.33 Å². The predicted octanol–water partition coefficient (Wildman–Crippen LogP) is 0.184. The van der Waals surface area contributed by atoms with Crippen LogP contribution in [0.5, 0.6) is 5.88 Å². The summed E-state index contributed by atoms with van der Waals surface area (Å²) in [4.78, 5) is 12.3. The van der Waals surface area contributed by atoms with Crippen molar-refractivity contribution >= 4 is 27.9 Å². The highest BCUT2D eigenvalue weighted by Crippen LogP contribution is 2.23. The van der Waals surface area contributed by atoms with Gasteiger partial charge < -0.3 is 10.5 Å². The second-order valence-electron chi connectivity index (χ2n) is 3.94. The van der Waals surface area contributed by atoms with Crippen LogP contribution in [0, 0.1) is 0 Å². The molecule has 7 nitrogen and oxygen atoms in total. The monoisotopic (exact) mass is 269 g/mol. The van der Waals surface area contributed by atoms with Crippen molar-refractivity contribution in [2.45, 2.75) is 18.7 Å². The average Bonchev–Trinajstić information content (AvgIpc) is 2.65. The molecule has 2 atom stereocenters. The van der Waals surface area contributed by atoms with Crippen LogP contribution in [-0.2, 0) is 17.3 Å². The summed E-state index contributed by atoms with van der Waals surface area (Å²) in [6.45, 7) is 2.38. The minimum Gasteiger partial charge on any atom is -0.479 e. The quantitative estimate of drug-likeness (QED) is 0.850. The van der Waals surface area contributed by atoms with Gasteiger partial charge in [-0.05, 0) is 6.92 Å². The smallest absolute Gasteiger partial charge is 0.245 e. The zero-order chi connectivity index (χ0) is 13.3. The molecule has 0 saturated heterocycles. The average molecular weight is 269 g/mol. The number of ether oxygens (including phenoxy) is 1. The summed E-state index contributed by atoms with van der Waals surface area (Å²) >= 11 is 0. The van der Waals surface area contributed by atoms with Gasteiger partial charge >= 0.3 is 0 Å². The van der Waals surface area contributed by atoms with Crippen molar-refractivity contribution in [2.24, 2.45) is 0 Å². The van der Waals surface area contributed by atoms with E-state index in [4.69, 9.17) is 10.5 Å². The van der Waals surface area contributed by atoms with Crippen LogP contribution < -0.4 is 10.5 Å². The summed E-state index contributed by atoms with van der Waals surface area (Å²) in [6, 6.07) is 0. The predicted molar refractivity (Wildman–Crippen MR) is 69.8 cm³/mol. The number of hydrogen-bond donors (Lipinski definition) is 1. The Bertz CT molecular complexity index is 597. The lowest BCUT2D eigenvalue weighted by atomic mass is 10.4. The van der Waals surface area contributed by atoms with Crippen LogP contribution in [0.4, 0.5) is 5.95 Å². The van der Waals surface area contributed by atoms with Crippen LogP contribution in [0.1, 0.15) is 6.92 Å². The molecule has 2 unspecified atom stereocenters. The Labute approximate surface area is 107 Å². The number of fused-ring (bicyclic) bond motifs is 1. The molecule has 0 aliphatic carbocycles. The molecule has 2 aromatic rings. The molecule has 0 fully saturated rings. The van der Waals surface area contributed by atoms with E-state index < -0.39 is 10.8 Å². The second kappa shape index (κ2) is 4.89. The Hall–Kier alpha value is -1.70. The van der Waals surface area contributed by atoms with Crippen molar-refractivity contribution in [2.75, 3.05) is 19.1 Å². The zero-order valence-electron chi connectivity index (χ0n) is 10.5. The molecule has 18 heavy (non-hydrogen) atoms. The molecule has 0 aromatic carbocycles. The maximum absolute atomic E-state index is 11.4. The van der Waals surface area contributed by atoms with Gasteiger partial charge in [0, 0.05) is 28.9 Å². The first-order valence-electron chi connectivity index (χ1n) is 5.37. The van der Waals surface area contributed by atoms with Gasteiger partial charge in [-0.25, -0.2) is 9.97 Å². The van der Waals surface area contributed by atoms with Gasteiger partial charge in [0.05, 0.1) is 7.11 Å². The van der Waals surface area contributed by atoms with E-state index in [1.165, 1.54) is 13.4 Å². The molecule has 0 bridgehead atoms. The number of aromatic nitrogens is 4. The normalized spacial score (nSPS) is 14.6. The summed E-state index contributed by atoms with van der Waals surface area (Å²) < 4.78 is 18.3. The maximum Gasteiger partial charge on any atom is 0.245 e. The highest BCUT2D eigenvalue weighted by molar-refractivity contribution is 7.84. The molecule has 0 radical (unpaired) electrons. The Morgan fingerprint density at radius 2 is 2.28 bits per heavy atom. The molecule has 8 heteroatoms. The van der Waals surface area contributed by atoms with E-state index in [0.29, 0.717) is 29.5 Å². The largest absolute Gasteiger partial charge is 0.479 e. The Morgan fingerprint density at radius 1 is 1.56 bits per heavy atom. The third-order valence-electron chi connectivity index (χ3n) is 2.73. The van der Waals surface area contributed by atoms with Gasteiger partial charge in [0.2, 0.25) is 11.8 Å². The van der Waals surface area contributed by atoms with E-state index >= 15 is 0 Å². The Morgan fingerprint density at radius 3 is 2.89 bits per heavy atom. The van der Waals surface area contributed by atoms with Crippen molar-refractivity contribution in [3.05, 3.63) is 6.33 Å². The first-order chi connectivity index (χ1) is 8.54. The van der Waals surface area contributed by atoms with Crippen molar-refractivity contribution in [3.63, 3.8) is 0 Å². The summed E-state index contributed by atoms with van der Waals surface area (Å²) in [5, 5.41) is -0.0364. The molecule has 2 aromatic heterocycles. The van der Waals surface area contributed by atoms with Gasteiger partial charge in [-0.3, -0.25) is 8.78 Å². The van der Waals surface area contributed by atoms with E-state index in [-0.39, 0.29) is 5.25 Å². The first-order valence-corrected chi connectivity index (χ1v) is 6.99. The van der Waals surface area contributed by atoms with Crippen molar-refractivity contribution in [3.8, 4) is 5.88 Å². The Kier molecular flexibility index (Phi) is 3.46. The van der Waals surface area contributed by atoms with Crippen LogP contribution >= 0.6 is 0 Å². The number of methoxy groups -OCH3 is 1. The molecule has 0 aliphatic heterocycles. The summed E-state index contributed by atoms with van der Waals surface area (Å²) in [6.07, 6.45) is 3.06. The molecule has 0 spiro atoms. The minimum absolute atomic E-state index is 0.0364. The topological polar surface area (TPSA) is 95.9 Å². The molecule has 2 rings (SSSR count). The second-order valence-corrected chi connectivity index (χ2v) is 5.75. The lowest BCUT2D eigenvalue weighted by Crippen LogP contribution is -2.19. The van der Waals surface area contributed by atoms with Crippen molar-refractivity contribution < 1.29 is 8.95 Å². The molecule has 2 N–H and O–H groups in total. The molecule has 98 valence electrons. The third kappa shape index (κ3) is 2.15. The number of imidazole rings is 1. The van der Waals surface area contributed by atoms with Gasteiger partial charge in [-0.2, -0.15) is 4.98 Å². The maximum atomic E-state index is 11.4. The van der Waals surface area contributed by atoms with E-state index in [1.807, 2.05) is 6.92 Å². The molecular weight excluding hydrogens is 254 g/mol. The molecule has 0 aliphatic rings. The Balaban J connectivity index is 2.51. The van der Waals surface area contributed by atoms with Crippen molar-refractivity contribution in [1.82, 2.24) is 19.5 Å². The van der Waals surface area contributed by atoms with Gasteiger partial charge in [0.25, 0.3) is 0 Å². The number of rotatable bonds is 4. The third-order valence-corrected chi connectivity index (χ3v) is 4.01. The molecule has 0 amide bonds. The van der Waals surface area contributed by atoms with E-state index in [2.05, 4.69) is 15.0 Å². The highest BCUT2D eigenvalue weighted by atomic mass is 32.2. The SMILES string of the molecule is COc1ncnc2c1nc(N)n2CC(C)S(C)=O. The fraction of sp³-hybridized carbons (Fsp3) is 0.500. The standard InChI is InChI=1S/C10H15N5O2S/c1-6(18(3)16)4-15-8-7(14-10(15)11)9(17-2)13-5-12-8/h5-6H,4H2,1-3H3,(H2,11,14). The van der Waals surface area contributed by atoms with Crippen LogP contribution in [0.2, 0.25) is 0 Å². The van der Waals surface area contributed by atoms with Crippen LogP contribution in [0.25, 0.3) is 11.2 Å².